The SMILES string of the molecule is CC(C)(C)Oc1cc2c(cc1Cl)C(N)C(=O)N2. The predicted molar refractivity (Wildman–Crippen MR) is 67.4 cm³/mol. The quantitative estimate of drug-likeness (QED) is 0.809. The minimum absolute atomic E-state index is 0.219. The second-order valence-corrected chi connectivity index (χ2v) is 5.46. The number of carbonyl (C=O) groups is 1. The number of nitrogens with one attached hydrogen (secondary N) is 1. The number of carbonyl (C=O) groups excluding carboxylic acids is 1. The van der Waals surface area contributed by atoms with Crippen molar-refractivity contribution < 1.29 is 9.53 Å². The van der Waals surface area contributed by atoms with Crippen molar-refractivity contribution in [1.29, 1.82) is 0 Å². The molecule has 2 rings (SSSR count). The molecule has 1 unspecified atom stereocenters. The van der Waals surface area contributed by atoms with Gasteiger partial charge in [0.05, 0.1) is 5.02 Å². The van der Waals surface area contributed by atoms with E-state index in [-0.39, 0.29) is 11.5 Å². The van der Waals surface area contributed by atoms with Crippen molar-refractivity contribution in [2.45, 2.75) is 32.4 Å². The van der Waals surface area contributed by atoms with Crippen molar-refractivity contribution in [2.75, 3.05) is 5.32 Å². The average molecular weight is 255 g/mol. The first-order valence-electron chi connectivity index (χ1n) is 5.37. The van der Waals surface area contributed by atoms with Crippen LogP contribution in [-0.4, -0.2) is 11.5 Å². The molecule has 0 spiro atoms. The van der Waals surface area contributed by atoms with E-state index in [0.29, 0.717) is 22.0 Å². The highest BCUT2D eigenvalue weighted by Crippen LogP contribution is 2.38. The normalized spacial score (nSPS) is 18.9. The van der Waals surface area contributed by atoms with Crippen LogP contribution in [0.4, 0.5) is 5.69 Å². The minimum atomic E-state index is -0.647. The maximum atomic E-state index is 11.4. The van der Waals surface area contributed by atoms with Gasteiger partial charge in [0.25, 0.3) is 0 Å². The van der Waals surface area contributed by atoms with E-state index in [1.54, 1.807) is 12.1 Å². The first-order valence-corrected chi connectivity index (χ1v) is 5.74. The standard InChI is InChI=1S/C12H15ClN2O2/c1-12(2,3)17-9-5-8-6(4-7(9)13)10(14)11(16)15-8/h4-5,10H,14H2,1-3H3,(H,15,16). The summed E-state index contributed by atoms with van der Waals surface area (Å²) in [5.41, 5.74) is 6.76. The summed E-state index contributed by atoms with van der Waals surface area (Å²) in [6.07, 6.45) is 0. The number of hydrogen-bond donors (Lipinski definition) is 2. The summed E-state index contributed by atoms with van der Waals surface area (Å²) in [6.45, 7) is 5.79. The number of ether oxygens (including phenoxy) is 1. The van der Waals surface area contributed by atoms with E-state index in [1.807, 2.05) is 20.8 Å². The van der Waals surface area contributed by atoms with Crippen molar-refractivity contribution in [2.24, 2.45) is 5.73 Å². The topological polar surface area (TPSA) is 64.3 Å². The molecule has 1 aromatic rings. The Hall–Kier alpha value is -1.26. The first kappa shape index (κ1) is 12.2. The van der Waals surface area contributed by atoms with Gasteiger partial charge in [-0.3, -0.25) is 4.79 Å². The summed E-state index contributed by atoms with van der Waals surface area (Å²) >= 11 is 6.11. The van der Waals surface area contributed by atoms with Crippen LogP contribution >= 0.6 is 11.6 Å². The van der Waals surface area contributed by atoms with Crippen molar-refractivity contribution in [3.63, 3.8) is 0 Å². The number of rotatable bonds is 1. The lowest BCUT2D eigenvalue weighted by Gasteiger charge is -2.22. The fraction of sp³-hybridized carbons (Fsp3) is 0.417. The molecule has 17 heavy (non-hydrogen) atoms. The molecule has 1 aliphatic heterocycles. The van der Waals surface area contributed by atoms with Gasteiger partial charge in [0.1, 0.15) is 17.4 Å². The zero-order valence-corrected chi connectivity index (χ0v) is 10.8. The van der Waals surface area contributed by atoms with E-state index in [2.05, 4.69) is 5.32 Å². The van der Waals surface area contributed by atoms with Crippen molar-refractivity contribution >= 4 is 23.2 Å². The fourth-order valence-corrected chi connectivity index (χ4v) is 1.90. The molecular formula is C12H15ClN2O2. The van der Waals surface area contributed by atoms with Gasteiger partial charge in [-0.25, -0.2) is 0 Å². The highest BCUT2D eigenvalue weighted by molar-refractivity contribution is 6.32. The average Bonchev–Trinajstić information content (AvgIpc) is 2.43. The number of fused-ring (bicyclic) bond motifs is 1. The smallest absolute Gasteiger partial charge is 0.245 e. The van der Waals surface area contributed by atoms with Crippen molar-refractivity contribution in [3.8, 4) is 5.75 Å². The van der Waals surface area contributed by atoms with Gasteiger partial charge in [0.2, 0.25) is 5.91 Å². The lowest BCUT2D eigenvalue weighted by Crippen LogP contribution is -2.23. The van der Waals surface area contributed by atoms with Crippen LogP contribution in [0.2, 0.25) is 5.02 Å². The van der Waals surface area contributed by atoms with E-state index in [0.717, 1.165) is 0 Å². The van der Waals surface area contributed by atoms with Crippen LogP contribution in [0.15, 0.2) is 12.1 Å². The molecule has 1 amide bonds. The third-order valence-corrected chi connectivity index (χ3v) is 2.69. The van der Waals surface area contributed by atoms with Crippen molar-refractivity contribution in [1.82, 2.24) is 0 Å². The van der Waals surface area contributed by atoms with E-state index in [9.17, 15) is 4.79 Å². The van der Waals surface area contributed by atoms with Gasteiger partial charge in [-0.2, -0.15) is 0 Å². The summed E-state index contributed by atoms with van der Waals surface area (Å²) in [6, 6.07) is 2.75. The van der Waals surface area contributed by atoms with Crippen LogP contribution in [0.1, 0.15) is 32.4 Å². The number of anilines is 1. The molecule has 0 radical (unpaired) electrons. The molecule has 0 saturated heterocycles. The first-order chi connectivity index (χ1) is 7.78. The van der Waals surface area contributed by atoms with Crippen LogP contribution in [0.5, 0.6) is 5.75 Å². The molecule has 0 bridgehead atoms. The molecule has 1 aliphatic rings. The summed E-state index contributed by atoms with van der Waals surface area (Å²) < 4.78 is 5.70. The largest absolute Gasteiger partial charge is 0.487 e. The summed E-state index contributed by atoms with van der Waals surface area (Å²) in [5.74, 6) is 0.330. The maximum Gasteiger partial charge on any atom is 0.245 e. The Balaban J connectivity index is 2.40. The Kier molecular flexibility index (Phi) is 2.79. The number of benzene rings is 1. The monoisotopic (exact) mass is 254 g/mol. The fourth-order valence-electron chi connectivity index (χ4n) is 1.69. The Morgan fingerprint density at radius 2 is 2.06 bits per heavy atom. The van der Waals surface area contributed by atoms with E-state index in [1.165, 1.54) is 0 Å². The lowest BCUT2D eigenvalue weighted by molar-refractivity contribution is -0.116. The second kappa shape index (κ2) is 3.89. The van der Waals surface area contributed by atoms with Gasteiger partial charge in [0, 0.05) is 17.3 Å². The predicted octanol–water partition coefficient (Wildman–Crippen LogP) is 2.47. The summed E-state index contributed by atoms with van der Waals surface area (Å²) in [4.78, 5) is 11.4. The minimum Gasteiger partial charge on any atom is -0.487 e. The highest BCUT2D eigenvalue weighted by atomic mass is 35.5. The molecule has 92 valence electrons. The molecule has 3 N–H and O–H groups in total. The third kappa shape index (κ3) is 2.37. The van der Waals surface area contributed by atoms with Crippen LogP contribution in [0.3, 0.4) is 0 Å². The van der Waals surface area contributed by atoms with E-state index < -0.39 is 6.04 Å². The molecule has 1 atom stereocenters. The second-order valence-electron chi connectivity index (χ2n) is 5.05. The van der Waals surface area contributed by atoms with Gasteiger partial charge in [-0.1, -0.05) is 11.6 Å². The third-order valence-electron chi connectivity index (χ3n) is 2.40. The molecule has 4 nitrogen and oxygen atoms in total. The summed E-state index contributed by atoms with van der Waals surface area (Å²) in [5, 5.41) is 3.16. The van der Waals surface area contributed by atoms with Crippen LogP contribution < -0.4 is 15.8 Å². The van der Waals surface area contributed by atoms with Crippen molar-refractivity contribution in [3.05, 3.63) is 22.7 Å². The van der Waals surface area contributed by atoms with Gasteiger partial charge in [0.15, 0.2) is 0 Å². The lowest BCUT2D eigenvalue weighted by atomic mass is 10.1. The van der Waals surface area contributed by atoms with E-state index >= 15 is 0 Å². The Morgan fingerprint density at radius 3 is 2.65 bits per heavy atom. The Morgan fingerprint density at radius 1 is 1.41 bits per heavy atom. The molecule has 0 aromatic heterocycles. The molecule has 0 aliphatic carbocycles. The number of halogens is 1. The maximum absolute atomic E-state index is 11.4. The van der Waals surface area contributed by atoms with E-state index in [4.69, 9.17) is 22.1 Å². The molecule has 1 heterocycles. The molecule has 5 heteroatoms. The molecule has 1 aromatic carbocycles. The van der Waals surface area contributed by atoms with Crippen LogP contribution in [-0.2, 0) is 4.79 Å². The molecule has 0 fully saturated rings. The zero-order valence-electron chi connectivity index (χ0n) is 10.0. The number of hydrogen-bond acceptors (Lipinski definition) is 3. The number of amides is 1. The van der Waals surface area contributed by atoms with Crippen LogP contribution in [0.25, 0.3) is 0 Å². The van der Waals surface area contributed by atoms with Gasteiger partial charge in [-0.15, -0.1) is 0 Å². The Bertz CT molecular complexity index is 480. The van der Waals surface area contributed by atoms with Crippen LogP contribution in [0, 0.1) is 0 Å². The molecular weight excluding hydrogens is 240 g/mol. The summed E-state index contributed by atoms with van der Waals surface area (Å²) in [7, 11) is 0. The zero-order chi connectivity index (χ0) is 12.8. The molecule has 0 saturated carbocycles. The Labute approximate surface area is 105 Å². The van der Waals surface area contributed by atoms with Gasteiger partial charge < -0.3 is 15.8 Å². The number of nitrogens with two attached hydrogens (primary N) is 1. The van der Waals surface area contributed by atoms with Gasteiger partial charge >= 0.3 is 0 Å². The highest BCUT2D eigenvalue weighted by Gasteiger charge is 2.29. The van der Waals surface area contributed by atoms with Gasteiger partial charge in [-0.05, 0) is 26.8 Å².